The van der Waals surface area contributed by atoms with Crippen LogP contribution in [0.4, 0.5) is 0 Å². The lowest BCUT2D eigenvalue weighted by Gasteiger charge is -2.29. The topological polar surface area (TPSA) is 55.1 Å². The Bertz CT molecular complexity index is 234. The standard InChI is InChI=1S/C14H28N2O/c1-10(2)9-13(15)14(17)16-11(3)12-7-5-4-6-8-12/h10-13H,4-9,15H2,1-3H3,(H,16,17)/t11-,13+/m0/s1. The molecule has 1 aliphatic rings. The van der Waals surface area contributed by atoms with E-state index in [0.29, 0.717) is 11.8 Å². The Morgan fingerprint density at radius 3 is 2.35 bits per heavy atom. The summed E-state index contributed by atoms with van der Waals surface area (Å²) in [5.41, 5.74) is 5.88. The van der Waals surface area contributed by atoms with Crippen LogP contribution in [0.5, 0.6) is 0 Å². The van der Waals surface area contributed by atoms with Crippen molar-refractivity contribution in [1.29, 1.82) is 0 Å². The molecule has 0 unspecified atom stereocenters. The molecule has 17 heavy (non-hydrogen) atoms. The van der Waals surface area contributed by atoms with Crippen molar-refractivity contribution in [2.24, 2.45) is 17.6 Å². The second kappa shape index (κ2) is 7.00. The molecule has 3 heteroatoms. The third-order valence-corrected chi connectivity index (χ3v) is 3.79. The molecule has 0 aromatic heterocycles. The number of nitrogens with one attached hydrogen (secondary N) is 1. The number of hydrogen-bond donors (Lipinski definition) is 2. The van der Waals surface area contributed by atoms with Gasteiger partial charge in [-0.3, -0.25) is 4.79 Å². The highest BCUT2D eigenvalue weighted by atomic mass is 16.2. The third kappa shape index (κ3) is 5.07. The van der Waals surface area contributed by atoms with Gasteiger partial charge in [-0.2, -0.15) is 0 Å². The Hall–Kier alpha value is -0.570. The first-order valence-corrected chi connectivity index (χ1v) is 7.06. The quantitative estimate of drug-likeness (QED) is 0.775. The van der Waals surface area contributed by atoms with Crippen molar-refractivity contribution in [2.75, 3.05) is 0 Å². The lowest BCUT2D eigenvalue weighted by molar-refractivity contribution is -0.123. The molecule has 0 spiro atoms. The Labute approximate surface area is 106 Å². The summed E-state index contributed by atoms with van der Waals surface area (Å²) in [7, 11) is 0. The van der Waals surface area contributed by atoms with E-state index in [-0.39, 0.29) is 18.0 Å². The van der Waals surface area contributed by atoms with Crippen molar-refractivity contribution in [3.8, 4) is 0 Å². The predicted molar refractivity (Wildman–Crippen MR) is 71.6 cm³/mol. The van der Waals surface area contributed by atoms with Crippen LogP contribution in [-0.2, 0) is 4.79 Å². The van der Waals surface area contributed by atoms with Gasteiger partial charge in [0, 0.05) is 6.04 Å². The van der Waals surface area contributed by atoms with Gasteiger partial charge in [0.15, 0.2) is 0 Å². The summed E-state index contributed by atoms with van der Waals surface area (Å²) in [5, 5.41) is 3.09. The summed E-state index contributed by atoms with van der Waals surface area (Å²) in [6, 6.07) is -0.0675. The van der Waals surface area contributed by atoms with Gasteiger partial charge < -0.3 is 11.1 Å². The van der Waals surface area contributed by atoms with E-state index >= 15 is 0 Å². The number of carbonyl (C=O) groups excluding carboxylic acids is 1. The fourth-order valence-corrected chi connectivity index (χ4v) is 2.70. The molecule has 3 nitrogen and oxygen atoms in total. The number of carbonyl (C=O) groups is 1. The molecule has 0 aromatic carbocycles. The Morgan fingerprint density at radius 2 is 1.82 bits per heavy atom. The molecule has 0 aliphatic heterocycles. The number of amides is 1. The van der Waals surface area contributed by atoms with Gasteiger partial charge in [-0.05, 0) is 38.0 Å². The van der Waals surface area contributed by atoms with E-state index in [4.69, 9.17) is 5.73 Å². The van der Waals surface area contributed by atoms with Gasteiger partial charge in [-0.15, -0.1) is 0 Å². The van der Waals surface area contributed by atoms with Gasteiger partial charge in [0.05, 0.1) is 6.04 Å². The van der Waals surface area contributed by atoms with Crippen molar-refractivity contribution < 1.29 is 4.79 Å². The van der Waals surface area contributed by atoms with E-state index in [1.54, 1.807) is 0 Å². The van der Waals surface area contributed by atoms with Crippen LogP contribution in [0.1, 0.15) is 59.3 Å². The van der Waals surface area contributed by atoms with Crippen LogP contribution in [0, 0.1) is 11.8 Å². The van der Waals surface area contributed by atoms with Crippen molar-refractivity contribution in [2.45, 2.75) is 71.4 Å². The maximum Gasteiger partial charge on any atom is 0.237 e. The fourth-order valence-electron chi connectivity index (χ4n) is 2.70. The van der Waals surface area contributed by atoms with E-state index in [1.807, 2.05) is 0 Å². The van der Waals surface area contributed by atoms with Crippen LogP contribution in [0.15, 0.2) is 0 Å². The van der Waals surface area contributed by atoms with Crippen molar-refractivity contribution >= 4 is 5.91 Å². The van der Waals surface area contributed by atoms with Crippen molar-refractivity contribution in [3.05, 3.63) is 0 Å². The van der Waals surface area contributed by atoms with Crippen LogP contribution < -0.4 is 11.1 Å². The maximum absolute atomic E-state index is 11.9. The summed E-state index contributed by atoms with van der Waals surface area (Å²) in [5.74, 6) is 1.15. The zero-order valence-electron chi connectivity index (χ0n) is 11.5. The second-order valence-electron chi connectivity index (χ2n) is 5.93. The average molecular weight is 240 g/mol. The maximum atomic E-state index is 11.9. The summed E-state index contributed by atoms with van der Waals surface area (Å²) >= 11 is 0. The molecule has 2 atom stereocenters. The molecule has 1 saturated carbocycles. The smallest absolute Gasteiger partial charge is 0.237 e. The number of hydrogen-bond acceptors (Lipinski definition) is 2. The highest BCUT2D eigenvalue weighted by Gasteiger charge is 2.23. The zero-order valence-corrected chi connectivity index (χ0v) is 11.5. The minimum atomic E-state index is -0.346. The first kappa shape index (κ1) is 14.5. The Morgan fingerprint density at radius 1 is 1.24 bits per heavy atom. The SMILES string of the molecule is CC(C)C[C@@H](N)C(=O)N[C@@H](C)C1CCCCC1. The molecule has 0 bridgehead atoms. The van der Waals surface area contributed by atoms with E-state index in [2.05, 4.69) is 26.1 Å². The highest BCUT2D eigenvalue weighted by Crippen LogP contribution is 2.26. The normalized spacial score (nSPS) is 21.2. The lowest BCUT2D eigenvalue weighted by Crippen LogP contribution is -2.47. The first-order chi connectivity index (χ1) is 8.00. The molecule has 0 saturated heterocycles. The first-order valence-electron chi connectivity index (χ1n) is 7.06. The molecular weight excluding hydrogens is 212 g/mol. The second-order valence-corrected chi connectivity index (χ2v) is 5.93. The molecule has 0 radical (unpaired) electrons. The highest BCUT2D eigenvalue weighted by molar-refractivity contribution is 5.81. The van der Waals surface area contributed by atoms with E-state index in [9.17, 15) is 4.79 Å². The molecule has 0 aromatic rings. The largest absolute Gasteiger partial charge is 0.352 e. The molecule has 1 fully saturated rings. The van der Waals surface area contributed by atoms with E-state index in [0.717, 1.165) is 6.42 Å². The van der Waals surface area contributed by atoms with Crippen LogP contribution in [0.3, 0.4) is 0 Å². The average Bonchev–Trinajstić information content (AvgIpc) is 2.29. The van der Waals surface area contributed by atoms with E-state index in [1.165, 1.54) is 32.1 Å². The minimum absolute atomic E-state index is 0.0248. The zero-order chi connectivity index (χ0) is 12.8. The number of rotatable bonds is 5. The lowest BCUT2D eigenvalue weighted by atomic mass is 9.84. The van der Waals surface area contributed by atoms with Gasteiger partial charge in [-0.1, -0.05) is 33.1 Å². The molecule has 100 valence electrons. The predicted octanol–water partition coefficient (Wildman–Crippen LogP) is 2.44. The van der Waals surface area contributed by atoms with Gasteiger partial charge in [0.1, 0.15) is 0 Å². The summed E-state index contributed by atoms with van der Waals surface area (Å²) in [4.78, 5) is 11.9. The van der Waals surface area contributed by atoms with Crippen LogP contribution >= 0.6 is 0 Å². The molecule has 1 rings (SSSR count). The van der Waals surface area contributed by atoms with Gasteiger partial charge in [0.2, 0.25) is 5.91 Å². The molecule has 0 heterocycles. The van der Waals surface area contributed by atoms with Crippen molar-refractivity contribution in [3.63, 3.8) is 0 Å². The minimum Gasteiger partial charge on any atom is -0.352 e. The van der Waals surface area contributed by atoms with Crippen LogP contribution in [0.25, 0.3) is 0 Å². The van der Waals surface area contributed by atoms with Crippen LogP contribution in [0.2, 0.25) is 0 Å². The van der Waals surface area contributed by atoms with Gasteiger partial charge in [-0.25, -0.2) is 0 Å². The Balaban J connectivity index is 2.33. The fraction of sp³-hybridized carbons (Fsp3) is 0.929. The Kier molecular flexibility index (Phi) is 5.96. The van der Waals surface area contributed by atoms with Crippen molar-refractivity contribution in [1.82, 2.24) is 5.32 Å². The summed E-state index contributed by atoms with van der Waals surface area (Å²) in [6.07, 6.45) is 7.24. The summed E-state index contributed by atoms with van der Waals surface area (Å²) in [6.45, 7) is 6.31. The summed E-state index contributed by atoms with van der Waals surface area (Å²) < 4.78 is 0. The molecule has 3 N–H and O–H groups in total. The molecular formula is C14H28N2O. The molecule has 1 amide bonds. The number of nitrogens with two attached hydrogens (primary N) is 1. The van der Waals surface area contributed by atoms with Gasteiger partial charge in [0.25, 0.3) is 0 Å². The van der Waals surface area contributed by atoms with Crippen LogP contribution in [-0.4, -0.2) is 18.0 Å². The van der Waals surface area contributed by atoms with Gasteiger partial charge >= 0.3 is 0 Å². The third-order valence-electron chi connectivity index (χ3n) is 3.79. The van der Waals surface area contributed by atoms with E-state index < -0.39 is 0 Å². The monoisotopic (exact) mass is 240 g/mol. The molecule has 1 aliphatic carbocycles.